The molecule has 0 amide bonds. The second kappa shape index (κ2) is 5.28. The van der Waals surface area contributed by atoms with Crippen LogP contribution in [0.5, 0.6) is 0 Å². The second-order valence-electron chi connectivity index (χ2n) is 5.98. The summed E-state index contributed by atoms with van der Waals surface area (Å²) in [6, 6.07) is 13.0. The van der Waals surface area contributed by atoms with Gasteiger partial charge in [-0.25, -0.2) is 4.98 Å². The molecule has 0 spiro atoms. The van der Waals surface area contributed by atoms with Crippen LogP contribution in [0.1, 0.15) is 30.9 Å². The van der Waals surface area contributed by atoms with Crippen molar-refractivity contribution in [2.45, 2.75) is 26.7 Å². The van der Waals surface area contributed by atoms with Gasteiger partial charge in [-0.1, -0.05) is 32.0 Å². The first-order valence-electron chi connectivity index (χ1n) is 7.41. The zero-order valence-electron chi connectivity index (χ0n) is 13.1. The number of benzene rings is 1. The molecule has 21 heavy (non-hydrogen) atoms. The van der Waals surface area contributed by atoms with E-state index in [9.17, 15) is 0 Å². The Morgan fingerprint density at radius 2 is 1.86 bits per heavy atom. The normalized spacial score (nSPS) is 11.3. The Labute approximate surface area is 126 Å². The van der Waals surface area contributed by atoms with Gasteiger partial charge in [0.05, 0.1) is 0 Å². The lowest BCUT2D eigenvalue weighted by molar-refractivity contribution is -0.659. The van der Waals surface area contributed by atoms with Gasteiger partial charge in [0.25, 0.3) is 0 Å². The summed E-state index contributed by atoms with van der Waals surface area (Å²) in [4.78, 5) is 4.60. The molecule has 3 rings (SSSR count). The van der Waals surface area contributed by atoms with Crippen molar-refractivity contribution < 1.29 is 4.57 Å². The molecule has 0 N–H and O–H groups in total. The number of aromatic nitrogens is 2. The Morgan fingerprint density at radius 1 is 1.10 bits per heavy atom. The number of hydrogen-bond donors (Lipinski definition) is 0. The van der Waals surface area contributed by atoms with E-state index < -0.39 is 0 Å². The van der Waals surface area contributed by atoms with Crippen molar-refractivity contribution in [2.75, 3.05) is 0 Å². The zero-order chi connectivity index (χ0) is 15.0. The van der Waals surface area contributed by atoms with Crippen molar-refractivity contribution in [3.8, 4) is 11.3 Å². The van der Waals surface area contributed by atoms with E-state index in [2.05, 4.69) is 80.0 Å². The van der Waals surface area contributed by atoms with E-state index in [1.54, 1.807) is 0 Å². The van der Waals surface area contributed by atoms with Crippen LogP contribution in [-0.4, -0.2) is 4.98 Å². The van der Waals surface area contributed by atoms with E-state index in [1.807, 2.05) is 6.20 Å². The van der Waals surface area contributed by atoms with Crippen LogP contribution in [0.2, 0.25) is 0 Å². The Bertz CT molecular complexity index is 804. The largest absolute Gasteiger partial charge is 0.250 e. The smallest absolute Gasteiger partial charge is 0.213 e. The minimum Gasteiger partial charge on any atom is -0.250 e. The van der Waals surface area contributed by atoms with E-state index in [-0.39, 0.29) is 0 Å². The van der Waals surface area contributed by atoms with Gasteiger partial charge < -0.3 is 0 Å². The molecule has 1 aromatic carbocycles. The van der Waals surface area contributed by atoms with Crippen LogP contribution in [0.4, 0.5) is 0 Å². The molecule has 2 heterocycles. The fourth-order valence-electron chi connectivity index (χ4n) is 2.68. The molecule has 0 atom stereocenters. The summed E-state index contributed by atoms with van der Waals surface area (Å²) >= 11 is 0. The number of pyridine rings is 2. The number of nitrogens with zero attached hydrogens (tertiary/aromatic N) is 2. The first kappa shape index (κ1) is 13.7. The predicted molar refractivity (Wildman–Crippen MR) is 87.2 cm³/mol. The summed E-state index contributed by atoms with van der Waals surface area (Å²) in [5.41, 5.74) is 6.12. The average Bonchev–Trinajstić information content (AvgIpc) is 2.47. The lowest BCUT2D eigenvalue weighted by Crippen LogP contribution is -2.30. The lowest BCUT2D eigenvalue weighted by atomic mass is 10.0. The molecule has 0 aliphatic rings. The molecule has 0 fully saturated rings. The summed E-state index contributed by atoms with van der Waals surface area (Å²) in [6.07, 6.45) is 4.10. The predicted octanol–water partition coefficient (Wildman–Crippen LogP) is 4.16. The van der Waals surface area contributed by atoms with Gasteiger partial charge in [-0.3, -0.25) is 0 Å². The molecule has 0 aliphatic heterocycles. The van der Waals surface area contributed by atoms with Crippen LogP contribution < -0.4 is 4.57 Å². The lowest BCUT2D eigenvalue weighted by Gasteiger charge is -2.08. The Morgan fingerprint density at radius 3 is 2.57 bits per heavy atom. The summed E-state index contributed by atoms with van der Waals surface area (Å²) in [7, 11) is 2.08. The van der Waals surface area contributed by atoms with Gasteiger partial charge in [0.2, 0.25) is 5.69 Å². The van der Waals surface area contributed by atoms with Crippen LogP contribution in [0.15, 0.2) is 48.8 Å². The van der Waals surface area contributed by atoms with Crippen LogP contribution in [0.3, 0.4) is 0 Å². The molecule has 2 aromatic heterocycles. The molecule has 0 bridgehead atoms. The van der Waals surface area contributed by atoms with Crippen molar-refractivity contribution in [1.29, 1.82) is 0 Å². The van der Waals surface area contributed by atoms with E-state index in [4.69, 9.17) is 0 Å². The molecular weight excluding hydrogens is 256 g/mol. The molecule has 0 aliphatic carbocycles. The maximum Gasteiger partial charge on any atom is 0.213 e. The second-order valence-corrected chi connectivity index (χ2v) is 5.98. The van der Waals surface area contributed by atoms with Crippen molar-refractivity contribution in [2.24, 2.45) is 7.05 Å². The minimum atomic E-state index is 0.498. The maximum atomic E-state index is 4.60. The Balaban J connectivity index is 2.24. The molecule has 0 saturated heterocycles. The van der Waals surface area contributed by atoms with Gasteiger partial charge in [-0.05, 0) is 36.1 Å². The first-order valence-corrected chi connectivity index (χ1v) is 7.41. The highest BCUT2D eigenvalue weighted by molar-refractivity contribution is 5.81. The summed E-state index contributed by atoms with van der Waals surface area (Å²) in [6.45, 7) is 6.56. The fourth-order valence-corrected chi connectivity index (χ4v) is 2.68. The quantitative estimate of drug-likeness (QED) is 0.643. The van der Waals surface area contributed by atoms with Crippen LogP contribution >= 0.6 is 0 Å². The fraction of sp³-hybridized carbons (Fsp3) is 0.263. The van der Waals surface area contributed by atoms with Gasteiger partial charge in [0.1, 0.15) is 12.6 Å². The van der Waals surface area contributed by atoms with Crippen molar-refractivity contribution in [1.82, 2.24) is 4.98 Å². The van der Waals surface area contributed by atoms with Gasteiger partial charge in [-0.2, -0.15) is 4.57 Å². The van der Waals surface area contributed by atoms with E-state index in [1.165, 1.54) is 27.8 Å². The molecule has 2 heteroatoms. The highest BCUT2D eigenvalue weighted by atomic mass is 14.9. The molecule has 3 aromatic rings. The van der Waals surface area contributed by atoms with Crippen LogP contribution in [0, 0.1) is 6.92 Å². The SMILES string of the molecule is Cc1ccccc1-c1cc2cc(C(C)C)cnc2c[n+]1C. The Kier molecular flexibility index (Phi) is 3.46. The van der Waals surface area contributed by atoms with Crippen molar-refractivity contribution in [3.05, 3.63) is 59.9 Å². The topological polar surface area (TPSA) is 16.8 Å². The molecule has 2 nitrogen and oxygen atoms in total. The molecule has 0 unspecified atom stereocenters. The third-order valence-corrected chi connectivity index (χ3v) is 4.05. The maximum absolute atomic E-state index is 4.60. The number of rotatable bonds is 2. The zero-order valence-corrected chi connectivity index (χ0v) is 13.1. The third kappa shape index (κ3) is 2.54. The van der Waals surface area contributed by atoms with Gasteiger partial charge in [0.15, 0.2) is 6.20 Å². The van der Waals surface area contributed by atoms with Gasteiger partial charge in [0, 0.05) is 23.2 Å². The highest BCUT2D eigenvalue weighted by Crippen LogP contribution is 2.24. The monoisotopic (exact) mass is 277 g/mol. The van der Waals surface area contributed by atoms with Gasteiger partial charge >= 0.3 is 0 Å². The first-order chi connectivity index (χ1) is 10.1. The molecule has 106 valence electrons. The third-order valence-electron chi connectivity index (χ3n) is 4.05. The summed E-state index contributed by atoms with van der Waals surface area (Å²) in [5.74, 6) is 0.498. The standard InChI is InChI=1S/C19H21N2/c1-13(2)16-9-15-10-19(17-8-6-5-7-14(17)3)21(4)12-18(15)20-11-16/h5-13H,1-4H3/q+1. The minimum absolute atomic E-state index is 0.498. The van der Waals surface area contributed by atoms with Crippen molar-refractivity contribution >= 4 is 10.9 Å². The van der Waals surface area contributed by atoms with Crippen molar-refractivity contribution in [3.63, 3.8) is 0 Å². The Hall–Kier alpha value is -2.22. The highest BCUT2D eigenvalue weighted by Gasteiger charge is 2.14. The molecular formula is C19H21N2+. The molecule has 0 radical (unpaired) electrons. The van der Waals surface area contributed by atoms with Gasteiger partial charge in [-0.15, -0.1) is 0 Å². The summed E-state index contributed by atoms with van der Waals surface area (Å²) < 4.78 is 2.16. The van der Waals surface area contributed by atoms with E-state index >= 15 is 0 Å². The number of hydrogen-bond acceptors (Lipinski definition) is 1. The number of fused-ring (bicyclic) bond motifs is 1. The van der Waals surface area contributed by atoms with E-state index in [0.29, 0.717) is 5.92 Å². The van der Waals surface area contributed by atoms with Crippen LogP contribution in [-0.2, 0) is 7.05 Å². The van der Waals surface area contributed by atoms with E-state index in [0.717, 1.165) is 5.52 Å². The average molecular weight is 277 g/mol. The molecule has 0 saturated carbocycles. The summed E-state index contributed by atoms with van der Waals surface area (Å²) in [5, 5.41) is 1.21. The van der Waals surface area contributed by atoms with Crippen LogP contribution in [0.25, 0.3) is 22.2 Å². The number of aryl methyl sites for hydroxylation is 2.